The van der Waals surface area contributed by atoms with E-state index in [2.05, 4.69) is 9.97 Å². The van der Waals surface area contributed by atoms with Crippen LogP contribution < -0.4 is 0 Å². The maximum absolute atomic E-state index is 12.9. The molecule has 0 unspecified atom stereocenters. The number of hydrogen-bond acceptors (Lipinski definition) is 3. The fraction of sp³-hybridized carbons (Fsp3) is 0.0833. The largest absolute Gasteiger partial charge is 0.296 e. The van der Waals surface area contributed by atoms with Gasteiger partial charge in [0.05, 0.1) is 0 Å². The minimum Gasteiger partial charge on any atom is -0.296 e. The van der Waals surface area contributed by atoms with E-state index in [1.807, 2.05) is 0 Å². The Balaban J connectivity index is 2.53. The molecular weight excluding hydrogens is 207 g/mol. The summed E-state index contributed by atoms with van der Waals surface area (Å²) in [5.74, 6) is 0.134. The van der Waals surface area contributed by atoms with Crippen LogP contribution in [0.4, 0.5) is 4.39 Å². The van der Waals surface area contributed by atoms with Crippen LogP contribution in [-0.2, 0) is 0 Å². The summed E-state index contributed by atoms with van der Waals surface area (Å²) in [7, 11) is 0. The Morgan fingerprint density at radius 1 is 1.31 bits per heavy atom. The first kappa shape index (κ1) is 10.4. The van der Waals surface area contributed by atoms with Crippen molar-refractivity contribution >= 4 is 6.29 Å². The highest BCUT2D eigenvalue weighted by Crippen LogP contribution is 2.20. The first-order chi connectivity index (χ1) is 7.70. The molecule has 80 valence electrons. The van der Waals surface area contributed by atoms with Gasteiger partial charge in [-0.25, -0.2) is 14.4 Å². The van der Waals surface area contributed by atoms with Gasteiger partial charge in [0.1, 0.15) is 11.5 Å². The standard InChI is InChI=1S/C12H9FN2O/c1-8-6-9(13)2-3-11(8)12-14-5-4-10(7-16)15-12/h2-7H,1H3. The van der Waals surface area contributed by atoms with E-state index in [1.165, 1.54) is 24.4 Å². The fourth-order valence-corrected chi connectivity index (χ4v) is 1.45. The van der Waals surface area contributed by atoms with Crippen molar-refractivity contribution in [1.29, 1.82) is 0 Å². The van der Waals surface area contributed by atoms with E-state index in [0.717, 1.165) is 11.1 Å². The van der Waals surface area contributed by atoms with Gasteiger partial charge in [-0.15, -0.1) is 0 Å². The van der Waals surface area contributed by atoms with Crippen LogP contribution in [0.5, 0.6) is 0 Å². The van der Waals surface area contributed by atoms with Gasteiger partial charge in [0.25, 0.3) is 0 Å². The van der Waals surface area contributed by atoms with Crippen molar-refractivity contribution in [3.8, 4) is 11.4 Å². The van der Waals surface area contributed by atoms with Crippen molar-refractivity contribution in [3.63, 3.8) is 0 Å². The molecule has 4 heteroatoms. The summed E-state index contributed by atoms with van der Waals surface area (Å²) in [5.41, 5.74) is 1.78. The van der Waals surface area contributed by atoms with E-state index in [9.17, 15) is 9.18 Å². The molecule has 2 aromatic rings. The summed E-state index contributed by atoms with van der Waals surface area (Å²) >= 11 is 0. The van der Waals surface area contributed by atoms with Gasteiger partial charge < -0.3 is 0 Å². The van der Waals surface area contributed by atoms with Crippen LogP contribution in [0.2, 0.25) is 0 Å². The van der Waals surface area contributed by atoms with Crippen molar-refractivity contribution in [2.24, 2.45) is 0 Å². The van der Waals surface area contributed by atoms with Crippen LogP contribution in [0.3, 0.4) is 0 Å². The van der Waals surface area contributed by atoms with E-state index in [1.54, 1.807) is 13.0 Å². The van der Waals surface area contributed by atoms with Gasteiger partial charge in [0, 0.05) is 11.8 Å². The second kappa shape index (κ2) is 4.18. The maximum Gasteiger partial charge on any atom is 0.168 e. The van der Waals surface area contributed by atoms with Crippen molar-refractivity contribution in [2.45, 2.75) is 6.92 Å². The van der Waals surface area contributed by atoms with E-state index in [-0.39, 0.29) is 5.82 Å². The third kappa shape index (κ3) is 1.95. The smallest absolute Gasteiger partial charge is 0.168 e. The van der Waals surface area contributed by atoms with Gasteiger partial charge in [0.2, 0.25) is 0 Å². The van der Waals surface area contributed by atoms with E-state index >= 15 is 0 Å². The van der Waals surface area contributed by atoms with Crippen molar-refractivity contribution in [3.05, 3.63) is 47.5 Å². The molecule has 1 heterocycles. The van der Waals surface area contributed by atoms with Crippen LogP contribution in [-0.4, -0.2) is 16.3 Å². The molecule has 0 saturated heterocycles. The number of benzene rings is 1. The molecule has 0 radical (unpaired) electrons. The molecule has 0 bridgehead atoms. The summed E-state index contributed by atoms with van der Waals surface area (Å²) in [4.78, 5) is 18.7. The number of carbonyl (C=O) groups excluding carboxylic acids is 1. The zero-order valence-electron chi connectivity index (χ0n) is 8.64. The molecule has 1 aromatic heterocycles. The number of hydrogen-bond donors (Lipinski definition) is 0. The first-order valence-electron chi connectivity index (χ1n) is 4.75. The SMILES string of the molecule is Cc1cc(F)ccc1-c1nccc(C=O)n1. The molecule has 0 aliphatic heterocycles. The Morgan fingerprint density at radius 2 is 2.12 bits per heavy atom. The third-order valence-corrected chi connectivity index (χ3v) is 2.23. The van der Waals surface area contributed by atoms with Crippen LogP contribution >= 0.6 is 0 Å². The lowest BCUT2D eigenvalue weighted by Crippen LogP contribution is -1.95. The normalized spacial score (nSPS) is 10.1. The van der Waals surface area contributed by atoms with Crippen molar-refractivity contribution < 1.29 is 9.18 Å². The van der Waals surface area contributed by atoms with Gasteiger partial charge in [-0.05, 0) is 36.8 Å². The lowest BCUT2D eigenvalue weighted by Gasteiger charge is -2.04. The Kier molecular flexibility index (Phi) is 2.72. The Hall–Kier alpha value is -2.10. The van der Waals surface area contributed by atoms with Crippen LogP contribution in [0.25, 0.3) is 11.4 Å². The highest BCUT2D eigenvalue weighted by molar-refractivity contribution is 5.73. The second-order valence-corrected chi connectivity index (χ2v) is 3.38. The second-order valence-electron chi connectivity index (χ2n) is 3.38. The molecule has 0 fully saturated rings. The molecular formula is C12H9FN2O. The molecule has 0 aliphatic carbocycles. The Bertz CT molecular complexity index is 540. The fourth-order valence-electron chi connectivity index (χ4n) is 1.45. The average Bonchev–Trinajstić information content (AvgIpc) is 2.29. The molecule has 16 heavy (non-hydrogen) atoms. The summed E-state index contributed by atoms with van der Waals surface area (Å²) < 4.78 is 12.9. The summed E-state index contributed by atoms with van der Waals surface area (Å²) in [6.07, 6.45) is 2.17. The van der Waals surface area contributed by atoms with Crippen LogP contribution in [0.15, 0.2) is 30.5 Å². The van der Waals surface area contributed by atoms with Crippen molar-refractivity contribution in [1.82, 2.24) is 9.97 Å². The Morgan fingerprint density at radius 3 is 2.81 bits per heavy atom. The molecule has 2 rings (SSSR count). The van der Waals surface area contributed by atoms with Crippen LogP contribution in [0, 0.1) is 12.7 Å². The van der Waals surface area contributed by atoms with Gasteiger partial charge in [-0.1, -0.05) is 0 Å². The number of aldehydes is 1. The summed E-state index contributed by atoms with van der Waals surface area (Å²) in [6, 6.07) is 5.88. The predicted octanol–water partition coefficient (Wildman–Crippen LogP) is 2.40. The molecule has 0 atom stereocenters. The van der Waals surface area contributed by atoms with Crippen LogP contribution in [0.1, 0.15) is 16.1 Å². The molecule has 3 nitrogen and oxygen atoms in total. The lowest BCUT2D eigenvalue weighted by molar-refractivity contribution is 0.111. The molecule has 1 aromatic carbocycles. The average molecular weight is 216 g/mol. The molecule has 0 saturated carbocycles. The first-order valence-corrected chi connectivity index (χ1v) is 4.75. The summed E-state index contributed by atoms with van der Waals surface area (Å²) in [5, 5.41) is 0. The highest BCUT2D eigenvalue weighted by atomic mass is 19.1. The van der Waals surface area contributed by atoms with E-state index < -0.39 is 0 Å². The Labute approximate surface area is 92.0 Å². The number of rotatable bonds is 2. The molecule has 0 aliphatic rings. The number of aryl methyl sites for hydroxylation is 1. The van der Waals surface area contributed by atoms with Gasteiger partial charge >= 0.3 is 0 Å². The molecule has 0 amide bonds. The third-order valence-electron chi connectivity index (χ3n) is 2.23. The number of halogens is 1. The predicted molar refractivity (Wildman–Crippen MR) is 57.6 cm³/mol. The van der Waals surface area contributed by atoms with E-state index in [0.29, 0.717) is 17.8 Å². The van der Waals surface area contributed by atoms with Gasteiger partial charge in [-0.3, -0.25) is 4.79 Å². The maximum atomic E-state index is 12.9. The van der Waals surface area contributed by atoms with Crippen molar-refractivity contribution in [2.75, 3.05) is 0 Å². The zero-order valence-corrected chi connectivity index (χ0v) is 8.64. The monoisotopic (exact) mass is 216 g/mol. The minimum atomic E-state index is -0.298. The van der Waals surface area contributed by atoms with E-state index in [4.69, 9.17) is 0 Å². The number of nitrogens with zero attached hydrogens (tertiary/aromatic N) is 2. The lowest BCUT2D eigenvalue weighted by atomic mass is 10.1. The summed E-state index contributed by atoms with van der Waals surface area (Å²) in [6.45, 7) is 1.77. The van der Waals surface area contributed by atoms with Gasteiger partial charge in [0.15, 0.2) is 12.1 Å². The minimum absolute atomic E-state index is 0.298. The molecule has 0 spiro atoms. The highest BCUT2D eigenvalue weighted by Gasteiger charge is 2.06. The zero-order chi connectivity index (χ0) is 11.5. The number of carbonyl (C=O) groups is 1. The topological polar surface area (TPSA) is 42.9 Å². The molecule has 0 N–H and O–H groups in total. The van der Waals surface area contributed by atoms with Gasteiger partial charge in [-0.2, -0.15) is 0 Å². The quantitative estimate of drug-likeness (QED) is 0.724. The number of aromatic nitrogens is 2.